The van der Waals surface area contributed by atoms with Gasteiger partial charge in [0.1, 0.15) is 5.75 Å². The predicted octanol–water partition coefficient (Wildman–Crippen LogP) is 2.84. The molecule has 24 heavy (non-hydrogen) atoms. The monoisotopic (exact) mass is 344 g/mol. The Balaban J connectivity index is 1.53. The lowest BCUT2D eigenvalue weighted by Gasteiger charge is -2.09. The van der Waals surface area contributed by atoms with Crippen molar-refractivity contribution in [3.63, 3.8) is 0 Å². The minimum Gasteiger partial charge on any atom is -0.493 e. The Morgan fingerprint density at radius 1 is 1.25 bits per heavy atom. The Kier molecular flexibility index (Phi) is 5.10. The fourth-order valence-electron chi connectivity index (χ4n) is 2.14. The summed E-state index contributed by atoms with van der Waals surface area (Å²) in [6.07, 6.45) is 2.37. The lowest BCUT2D eigenvalue weighted by molar-refractivity contribution is 0.271. The Morgan fingerprint density at radius 2 is 2.04 bits per heavy atom. The van der Waals surface area contributed by atoms with Crippen LogP contribution >= 0.6 is 11.3 Å². The van der Waals surface area contributed by atoms with E-state index in [4.69, 9.17) is 4.74 Å². The quantitative estimate of drug-likeness (QED) is 0.714. The van der Waals surface area contributed by atoms with Crippen LogP contribution in [0.15, 0.2) is 41.3 Å². The normalized spacial score (nSPS) is 11.1. The highest BCUT2D eigenvalue weighted by molar-refractivity contribution is 7.20. The van der Waals surface area contributed by atoms with Gasteiger partial charge < -0.3 is 10.1 Å². The van der Waals surface area contributed by atoms with Crippen LogP contribution in [0.3, 0.4) is 0 Å². The summed E-state index contributed by atoms with van der Waals surface area (Å²) in [5.41, 5.74) is 1.05. The number of hydrogen-bond acceptors (Lipinski definition) is 6. The van der Waals surface area contributed by atoms with E-state index in [1.165, 1.54) is 33.7 Å². The van der Waals surface area contributed by atoms with Crippen molar-refractivity contribution in [2.45, 2.75) is 20.3 Å². The second-order valence-corrected chi connectivity index (χ2v) is 6.87. The Morgan fingerprint density at radius 3 is 2.75 bits per heavy atom. The largest absolute Gasteiger partial charge is 0.493 e. The molecule has 0 aliphatic carbocycles. The summed E-state index contributed by atoms with van der Waals surface area (Å²) >= 11 is 1.37. The number of fused-ring (bicyclic) bond motifs is 1. The molecule has 126 valence electrons. The van der Waals surface area contributed by atoms with Gasteiger partial charge in [0.15, 0.2) is 0 Å². The number of anilines is 1. The molecule has 0 saturated heterocycles. The fourth-order valence-corrected chi connectivity index (χ4v) is 2.94. The van der Waals surface area contributed by atoms with Crippen LogP contribution in [-0.2, 0) is 6.42 Å². The van der Waals surface area contributed by atoms with Gasteiger partial charge in [0.2, 0.25) is 10.1 Å². The molecule has 0 atom stereocenters. The van der Waals surface area contributed by atoms with Crippen LogP contribution in [0.25, 0.3) is 4.96 Å². The molecule has 0 fully saturated rings. The molecule has 0 bridgehead atoms. The molecule has 3 aromatic rings. The smallest absolute Gasteiger partial charge is 0.275 e. The van der Waals surface area contributed by atoms with Gasteiger partial charge in [-0.25, -0.2) is 4.98 Å². The first-order valence-corrected chi connectivity index (χ1v) is 8.74. The molecule has 1 aromatic carbocycles. The third-order valence-corrected chi connectivity index (χ3v) is 4.25. The van der Waals surface area contributed by atoms with Crippen LogP contribution in [0, 0.1) is 5.92 Å². The number of ether oxygens (including phenoxy) is 1. The van der Waals surface area contributed by atoms with E-state index < -0.39 is 0 Å². The number of aromatic nitrogens is 3. The van der Waals surface area contributed by atoms with E-state index in [9.17, 15) is 4.79 Å². The Hall–Kier alpha value is -2.41. The van der Waals surface area contributed by atoms with Crippen molar-refractivity contribution in [3.8, 4) is 5.75 Å². The lowest BCUT2D eigenvalue weighted by atomic mass is 10.1. The van der Waals surface area contributed by atoms with Crippen LogP contribution in [0.5, 0.6) is 5.75 Å². The van der Waals surface area contributed by atoms with Gasteiger partial charge in [0, 0.05) is 18.8 Å². The highest BCUT2D eigenvalue weighted by Crippen LogP contribution is 2.17. The van der Waals surface area contributed by atoms with E-state index in [0.29, 0.717) is 16.0 Å². The summed E-state index contributed by atoms with van der Waals surface area (Å²) in [5, 5.41) is 8.17. The van der Waals surface area contributed by atoms with E-state index in [0.717, 1.165) is 25.3 Å². The topological polar surface area (TPSA) is 68.5 Å². The molecule has 1 N–H and O–H groups in total. The maximum Gasteiger partial charge on any atom is 0.275 e. The second kappa shape index (κ2) is 7.44. The molecule has 0 spiro atoms. The van der Waals surface area contributed by atoms with Gasteiger partial charge >= 0.3 is 0 Å². The summed E-state index contributed by atoms with van der Waals surface area (Å²) in [6.45, 7) is 5.73. The molecule has 0 aliphatic heterocycles. The zero-order chi connectivity index (χ0) is 16.9. The average molecular weight is 344 g/mol. The third-order valence-electron chi connectivity index (χ3n) is 3.37. The van der Waals surface area contributed by atoms with E-state index in [1.807, 2.05) is 12.1 Å². The third kappa shape index (κ3) is 4.11. The number of hydrogen-bond donors (Lipinski definition) is 1. The average Bonchev–Trinajstić information content (AvgIpc) is 2.98. The molecule has 0 saturated carbocycles. The highest BCUT2D eigenvalue weighted by atomic mass is 32.1. The number of nitrogens with zero attached hydrogens (tertiary/aromatic N) is 3. The minimum atomic E-state index is -0.165. The minimum absolute atomic E-state index is 0.165. The van der Waals surface area contributed by atoms with Crippen LogP contribution in [-0.4, -0.2) is 27.7 Å². The van der Waals surface area contributed by atoms with Gasteiger partial charge in [-0.1, -0.05) is 37.3 Å². The highest BCUT2D eigenvalue weighted by Gasteiger charge is 2.05. The molecule has 0 radical (unpaired) electrons. The summed E-state index contributed by atoms with van der Waals surface area (Å²) in [5.74, 6) is 1.42. The van der Waals surface area contributed by atoms with Crippen LogP contribution < -0.4 is 15.6 Å². The molecule has 0 amide bonds. The molecule has 7 heteroatoms. The summed E-state index contributed by atoms with van der Waals surface area (Å²) < 4.78 is 6.99. The van der Waals surface area contributed by atoms with Crippen molar-refractivity contribution in [3.05, 3.63) is 52.4 Å². The number of nitrogens with one attached hydrogen (secondary N) is 1. The van der Waals surface area contributed by atoms with Crippen LogP contribution in [0.1, 0.15) is 19.4 Å². The molecule has 2 aromatic heterocycles. The standard InChI is InChI=1S/C17H20N4O2S/c1-12(2)11-23-14-5-3-13(4-6-14)7-9-18-16-20-21-15(22)8-10-19-17(21)24-16/h3-6,8,10,12H,7,9,11H2,1-2H3,(H,18,20). The first-order chi connectivity index (χ1) is 11.6. The zero-order valence-corrected chi connectivity index (χ0v) is 14.5. The van der Waals surface area contributed by atoms with Crippen LogP contribution in [0.4, 0.5) is 5.13 Å². The molecular formula is C17H20N4O2S. The van der Waals surface area contributed by atoms with Gasteiger partial charge in [-0.15, -0.1) is 5.10 Å². The number of rotatable bonds is 7. The maximum absolute atomic E-state index is 11.6. The van der Waals surface area contributed by atoms with Crippen molar-refractivity contribution in [1.29, 1.82) is 0 Å². The van der Waals surface area contributed by atoms with Gasteiger partial charge in [0.05, 0.1) is 6.61 Å². The molecule has 0 aliphatic rings. The maximum atomic E-state index is 11.6. The van der Waals surface area contributed by atoms with Crippen molar-refractivity contribution in [2.24, 2.45) is 5.92 Å². The van der Waals surface area contributed by atoms with Crippen LogP contribution in [0.2, 0.25) is 0 Å². The van der Waals surface area contributed by atoms with Crippen molar-refractivity contribution in [1.82, 2.24) is 14.6 Å². The van der Waals surface area contributed by atoms with Gasteiger partial charge in [-0.3, -0.25) is 4.79 Å². The Bertz CT molecular complexity index is 855. The molecular weight excluding hydrogens is 324 g/mol. The predicted molar refractivity (Wildman–Crippen MR) is 96.1 cm³/mol. The zero-order valence-electron chi connectivity index (χ0n) is 13.7. The summed E-state index contributed by atoms with van der Waals surface area (Å²) in [7, 11) is 0. The SMILES string of the molecule is CC(C)COc1ccc(CCNc2nn3c(=O)ccnc3s2)cc1. The van der Waals surface area contributed by atoms with Crippen molar-refractivity contribution < 1.29 is 4.74 Å². The van der Waals surface area contributed by atoms with Crippen molar-refractivity contribution in [2.75, 3.05) is 18.5 Å². The first kappa shape index (κ1) is 16.4. The molecule has 2 heterocycles. The van der Waals surface area contributed by atoms with Gasteiger partial charge in [-0.2, -0.15) is 4.52 Å². The van der Waals surface area contributed by atoms with E-state index >= 15 is 0 Å². The lowest BCUT2D eigenvalue weighted by Crippen LogP contribution is -2.13. The Labute approximate surface area is 144 Å². The summed E-state index contributed by atoms with van der Waals surface area (Å²) in [6, 6.07) is 9.54. The van der Waals surface area contributed by atoms with E-state index in [2.05, 4.69) is 41.4 Å². The summed E-state index contributed by atoms with van der Waals surface area (Å²) in [4.78, 5) is 16.4. The number of benzene rings is 1. The first-order valence-electron chi connectivity index (χ1n) is 7.92. The fraction of sp³-hybridized carbons (Fsp3) is 0.353. The van der Waals surface area contributed by atoms with Gasteiger partial charge in [0.25, 0.3) is 5.56 Å². The van der Waals surface area contributed by atoms with E-state index in [-0.39, 0.29) is 5.56 Å². The van der Waals surface area contributed by atoms with E-state index in [1.54, 1.807) is 0 Å². The van der Waals surface area contributed by atoms with Gasteiger partial charge in [-0.05, 0) is 30.0 Å². The molecule has 6 nitrogen and oxygen atoms in total. The molecule has 3 rings (SSSR count). The van der Waals surface area contributed by atoms with Crippen molar-refractivity contribution >= 4 is 21.4 Å². The molecule has 0 unspecified atom stereocenters. The second-order valence-electron chi connectivity index (χ2n) is 5.91.